The number of anilines is 2. The summed E-state index contributed by atoms with van der Waals surface area (Å²) in [5.74, 6) is 1.23. The van der Waals surface area contributed by atoms with Gasteiger partial charge in [-0.1, -0.05) is 0 Å². The van der Waals surface area contributed by atoms with Crippen LogP contribution in [0.3, 0.4) is 0 Å². The minimum Gasteiger partial charge on any atom is -0.383 e. The second-order valence-electron chi connectivity index (χ2n) is 3.36. The molecule has 0 spiro atoms. The highest BCUT2D eigenvalue weighted by Gasteiger charge is 2.13. The lowest BCUT2D eigenvalue weighted by Crippen LogP contribution is -2.16. The van der Waals surface area contributed by atoms with Crippen molar-refractivity contribution in [2.24, 2.45) is 0 Å². The van der Waals surface area contributed by atoms with E-state index < -0.39 is 0 Å². The van der Waals surface area contributed by atoms with E-state index in [4.69, 9.17) is 5.73 Å². The van der Waals surface area contributed by atoms with Crippen LogP contribution < -0.4 is 16.4 Å². The van der Waals surface area contributed by atoms with Crippen LogP contribution in [0.5, 0.6) is 0 Å². The SMILES string of the molecule is CNc1nc(N)c2c(n1)CCNCC2. The van der Waals surface area contributed by atoms with Gasteiger partial charge in [0, 0.05) is 25.6 Å². The Morgan fingerprint density at radius 3 is 2.86 bits per heavy atom. The molecular formula is C9H15N5. The third-order valence-corrected chi connectivity index (χ3v) is 2.44. The van der Waals surface area contributed by atoms with Crippen LogP contribution in [0, 0.1) is 0 Å². The first-order valence-electron chi connectivity index (χ1n) is 4.85. The highest BCUT2D eigenvalue weighted by Crippen LogP contribution is 2.18. The van der Waals surface area contributed by atoms with Crippen LogP contribution in [-0.2, 0) is 12.8 Å². The molecule has 14 heavy (non-hydrogen) atoms. The summed E-state index contributed by atoms with van der Waals surface area (Å²) in [7, 11) is 1.80. The number of nitrogens with two attached hydrogens (primary N) is 1. The zero-order chi connectivity index (χ0) is 9.97. The zero-order valence-electron chi connectivity index (χ0n) is 8.30. The van der Waals surface area contributed by atoms with Gasteiger partial charge in [-0.25, -0.2) is 4.98 Å². The van der Waals surface area contributed by atoms with Gasteiger partial charge in [-0.05, 0) is 13.0 Å². The molecule has 5 nitrogen and oxygen atoms in total. The first kappa shape index (κ1) is 9.21. The molecule has 0 bridgehead atoms. The number of hydrogen-bond acceptors (Lipinski definition) is 5. The summed E-state index contributed by atoms with van der Waals surface area (Å²) in [5, 5.41) is 6.23. The Bertz CT molecular complexity index is 336. The minimum absolute atomic E-state index is 0.614. The van der Waals surface area contributed by atoms with Gasteiger partial charge >= 0.3 is 0 Å². The van der Waals surface area contributed by atoms with Crippen molar-refractivity contribution >= 4 is 11.8 Å². The van der Waals surface area contributed by atoms with Crippen molar-refractivity contribution in [3.8, 4) is 0 Å². The van der Waals surface area contributed by atoms with Crippen molar-refractivity contribution in [2.75, 3.05) is 31.2 Å². The van der Waals surface area contributed by atoms with Gasteiger partial charge in [0.1, 0.15) is 5.82 Å². The van der Waals surface area contributed by atoms with Gasteiger partial charge < -0.3 is 16.4 Å². The maximum atomic E-state index is 5.87. The Balaban J connectivity index is 2.43. The quantitative estimate of drug-likeness (QED) is 0.575. The predicted molar refractivity (Wildman–Crippen MR) is 56.3 cm³/mol. The lowest BCUT2D eigenvalue weighted by atomic mass is 10.1. The van der Waals surface area contributed by atoms with E-state index in [0.717, 1.165) is 37.2 Å². The Labute approximate surface area is 83.1 Å². The molecule has 0 fully saturated rings. The minimum atomic E-state index is 0.614. The van der Waals surface area contributed by atoms with Crippen molar-refractivity contribution in [2.45, 2.75) is 12.8 Å². The number of hydrogen-bond donors (Lipinski definition) is 3. The van der Waals surface area contributed by atoms with Crippen LogP contribution in [-0.4, -0.2) is 30.1 Å². The second kappa shape index (κ2) is 3.79. The summed E-state index contributed by atoms with van der Waals surface area (Å²) in [4.78, 5) is 8.58. The van der Waals surface area contributed by atoms with Crippen LogP contribution >= 0.6 is 0 Å². The van der Waals surface area contributed by atoms with Crippen LogP contribution in [0.4, 0.5) is 11.8 Å². The standard InChI is InChI=1S/C9H15N5/c1-11-9-13-7-3-5-12-4-2-6(7)8(10)14-9/h12H,2-5H2,1H3,(H3,10,11,13,14). The van der Waals surface area contributed by atoms with Crippen LogP contribution in [0.1, 0.15) is 11.3 Å². The second-order valence-corrected chi connectivity index (χ2v) is 3.36. The molecule has 76 valence electrons. The molecule has 1 aliphatic rings. The Kier molecular flexibility index (Phi) is 2.49. The predicted octanol–water partition coefficient (Wildman–Crippen LogP) is -0.211. The number of nitrogens with zero attached hydrogens (tertiary/aromatic N) is 2. The van der Waals surface area contributed by atoms with Gasteiger partial charge in [-0.3, -0.25) is 0 Å². The summed E-state index contributed by atoms with van der Waals surface area (Å²) >= 11 is 0. The fraction of sp³-hybridized carbons (Fsp3) is 0.556. The number of aromatic nitrogens is 2. The highest BCUT2D eigenvalue weighted by atomic mass is 15.1. The Morgan fingerprint density at radius 1 is 1.29 bits per heavy atom. The number of rotatable bonds is 1. The molecule has 5 heteroatoms. The smallest absolute Gasteiger partial charge is 0.224 e. The van der Waals surface area contributed by atoms with E-state index in [2.05, 4.69) is 20.6 Å². The maximum Gasteiger partial charge on any atom is 0.224 e. The molecule has 1 aromatic rings. The molecule has 0 radical (unpaired) electrons. The largest absolute Gasteiger partial charge is 0.383 e. The molecule has 0 unspecified atom stereocenters. The fourth-order valence-corrected chi connectivity index (χ4v) is 1.69. The molecule has 0 saturated carbocycles. The van der Waals surface area contributed by atoms with E-state index in [-0.39, 0.29) is 0 Å². The number of nitrogens with one attached hydrogen (secondary N) is 2. The fourth-order valence-electron chi connectivity index (χ4n) is 1.69. The van der Waals surface area contributed by atoms with E-state index in [1.807, 2.05) is 0 Å². The normalized spacial score (nSPS) is 15.8. The highest BCUT2D eigenvalue weighted by molar-refractivity contribution is 5.47. The summed E-state index contributed by atoms with van der Waals surface area (Å²) in [6, 6.07) is 0. The lowest BCUT2D eigenvalue weighted by molar-refractivity contribution is 0.708. The zero-order valence-corrected chi connectivity index (χ0v) is 8.30. The molecule has 0 atom stereocenters. The molecule has 0 saturated heterocycles. The van der Waals surface area contributed by atoms with Crippen molar-refractivity contribution in [1.29, 1.82) is 0 Å². The van der Waals surface area contributed by atoms with Crippen LogP contribution in [0.2, 0.25) is 0 Å². The molecule has 1 aliphatic heterocycles. The average molecular weight is 193 g/mol. The van der Waals surface area contributed by atoms with E-state index >= 15 is 0 Å². The summed E-state index contributed by atoms with van der Waals surface area (Å²) in [5.41, 5.74) is 8.05. The maximum absolute atomic E-state index is 5.87. The summed E-state index contributed by atoms with van der Waals surface area (Å²) in [6.45, 7) is 1.92. The van der Waals surface area contributed by atoms with Gasteiger partial charge in [-0.2, -0.15) is 4.98 Å². The van der Waals surface area contributed by atoms with Crippen molar-refractivity contribution < 1.29 is 0 Å². The average Bonchev–Trinajstić information content (AvgIpc) is 2.42. The van der Waals surface area contributed by atoms with Gasteiger partial charge in [0.15, 0.2) is 0 Å². The molecular weight excluding hydrogens is 178 g/mol. The molecule has 0 aromatic carbocycles. The molecule has 4 N–H and O–H groups in total. The van der Waals surface area contributed by atoms with Crippen LogP contribution in [0.15, 0.2) is 0 Å². The summed E-state index contributed by atoms with van der Waals surface area (Å²) < 4.78 is 0. The number of nitrogen functional groups attached to an aromatic ring is 1. The Morgan fingerprint density at radius 2 is 2.07 bits per heavy atom. The monoisotopic (exact) mass is 193 g/mol. The molecule has 2 rings (SSSR count). The molecule has 2 heterocycles. The third-order valence-electron chi connectivity index (χ3n) is 2.44. The molecule has 1 aromatic heterocycles. The van der Waals surface area contributed by atoms with Crippen LogP contribution in [0.25, 0.3) is 0 Å². The van der Waals surface area contributed by atoms with Crippen molar-refractivity contribution in [1.82, 2.24) is 15.3 Å². The van der Waals surface area contributed by atoms with Gasteiger partial charge in [0.05, 0.1) is 5.69 Å². The first-order valence-corrected chi connectivity index (χ1v) is 4.85. The van der Waals surface area contributed by atoms with E-state index in [1.165, 1.54) is 0 Å². The van der Waals surface area contributed by atoms with Gasteiger partial charge in [-0.15, -0.1) is 0 Å². The van der Waals surface area contributed by atoms with E-state index in [9.17, 15) is 0 Å². The number of fused-ring (bicyclic) bond motifs is 1. The van der Waals surface area contributed by atoms with Gasteiger partial charge in [0.2, 0.25) is 5.95 Å². The topological polar surface area (TPSA) is 75.9 Å². The lowest BCUT2D eigenvalue weighted by Gasteiger charge is -2.08. The van der Waals surface area contributed by atoms with E-state index in [1.54, 1.807) is 7.05 Å². The van der Waals surface area contributed by atoms with Crippen molar-refractivity contribution in [3.63, 3.8) is 0 Å². The van der Waals surface area contributed by atoms with E-state index in [0.29, 0.717) is 11.8 Å². The Hall–Kier alpha value is -1.36. The summed E-state index contributed by atoms with van der Waals surface area (Å²) in [6.07, 6.45) is 1.85. The first-order chi connectivity index (χ1) is 6.81. The molecule has 0 amide bonds. The van der Waals surface area contributed by atoms with Gasteiger partial charge in [0.25, 0.3) is 0 Å². The molecule has 0 aliphatic carbocycles. The third kappa shape index (κ3) is 1.63. The van der Waals surface area contributed by atoms with Crippen molar-refractivity contribution in [3.05, 3.63) is 11.3 Å².